The molecule has 0 spiro atoms. The van der Waals surface area contributed by atoms with Gasteiger partial charge in [0.15, 0.2) is 0 Å². The number of carbonyl (C=O) groups excluding carboxylic acids is 1. The van der Waals surface area contributed by atoms with Gasteiger partial charge in [-0.15, -0.1) is 0 Å². The highest BCUT2D eigenvalue weighted by Gasteiger charge is 2.20. The molecule has 0 aromatic heterocycles. The first kappa shape index (κ1) is 18.6. The molecule has 1 aromatic carbocycles. The summed E-state index contributed by atoms with van der Waals surface area (Å²) in [6, 6.07) is 7.86. The summed E-state index contributed by atoms with van der Waals surface area (Å²) in [5.41, 5.74) is 0.972. The Labute approximate surface area is 146 Å². The molecule has 1 aromatic rings. The van der Waals surface area contributed by atoms with Crippen molar-refractivity contribution in [2.75, 3.05) is 13.2 Å². The topological polar surface area (TPSA) is 35.5 Å². The van der Waals surface area contributed by atoms with Gasteiger partial charge in [0.2, 0.25) is 0 Å². The Bertz CT molecular complexity index is 510. The molecule has 0 amide bonds. The Morgan fingerprint density at radius 2 is 1.75 bits per heavy atom. The fourth-order valence-corrected chi connectivity index (χ4v) is 3.11. The summed E-state index contributed by atoms with van der Waals surface area (Å²) in [6.07, 6.45) is 10.7. The van der Waals surface area contributed by atoms with Gasteiger partial charge in [-0.25, -0.2) is 4.79 Å². The number of esters is 1. The summed E-state index contributed by atoms with van der Waals surface area (Å²) in [4.78, 5) is 11.4. The minimum atomic E-state index is -0.292. The number of hydrogen-bond donors (Lipinski definition) is 0. The monoisotopic (exact) mass is 330 g/mol. The average molecular weight is 330 g/mol. The zero-order chi connectivity index (χ0) is 17.2. The van der Waals surface area contributed by atoms with Gasteiger partial charge in [-0.3, -0.25) is 0 Å². The summed E-state index contributed by atoms with van der Waals surface area (Å²) in [6.45, 7) is 5.55. The Hall–Kier alpha value is -1.77. The fraction of sp³-hybridized carbons (Fsp3) is 0.571. The largest absolute Gasteiger partial charge is 0.493 e. The summed E-state index contributed by atoms with van der Waals surface area (Å²) in [5, 5.41) is 0. The molecule has 1 fully saturated rings. The van der Waals surface area contributed by atoms with Gasteiger partial charge in [0, 0.05) is 6.08 Å². The molecule has 0 saturated heterocycles. The van der Waals surface area contributed by atoms with Crippen LogP contribution in [0.4, 0.5) is 0 Å². The van der Waals surface area contributed by atoms with E-state index in [2.05, 4.69) is 6.92 Å². The normalized spacial score (nSPS) is 20.9. The first-order valence-electron chi connectivity index (χ1n) is 9.29. The Morgan fingerprint density at radius 3 is 2.38 bits per heavy atom. The highest BCUT2D eigenvalue weighted by molar-refractivity contribution is 5.87. The van der Waals surface area contributed by atoms with E-state index in [0.29, 0.717) is 12.5 Å². The lowest BCUT2D eigenvalue weighted by Crippen LogP contribution is -2.19. The Balaban J connectivity index is 1.74. The molecule has 1 aliphatic carbocycles. The minimum Gasteiger partial charge on any atom is -0.493 e. The second-order valence-corrected chi connectivity index (χ2v) is 6.68. The molecular formula is C21H30O3. The maximum absolute atomic E-state index is 11.4. The Morgan fingerprint density at radius 1 is 1.08 bits per heavy atom. The summed E-state index contributed by atoms with van der Waals surface area (Å²) in [7, 11) is 0. The predicted molar refractivity (Wildman–Crippen MR) is 98.0 cm³/mol. The van der Waals surface area contributed by atoms with Crippen molar-refractivity contribution in [1.82, 2.24) is 0 Å². The molecule has 0 N–H and O–H groups in total. The van der Waals surface area contributed by atoms with E-state index in [-0.39, 0.29) is 5.97 Å². The van der Waals surface area contributed by atoms with Crippen LogP contribution in [0.5, 0.6) is 5.75 Å². The fourth-order valence-electron chi connectivity index (χ4n) is 3.11. The molecule has 1 aliphatic rings. The number of hydrogen-bond acceptors (Lipinski definition) is 3. The van der Waals surface area contributed by atoms with Crippen LogP contribution < -0.4 is 4.74 Å². The van der Waals surface area contributed by atoms with Crippen LogP contribution in [0.15, 0.2) is 30.3 Å². The molecule has 24 heavy (non-hydrogen) atoms. The number of rotatable bonds is 8. The van der Waals surface area contributed by atoms with Crippen molar-refractivity contribution in [1.29, 1.82) is 0 Å². The lowest BCUT2D eigenvalue weighted by Gasteiger charge is -2.27. The first-order valence-corrected chi connectivity index (χ1v) is 9.29. The first-order chi connectivity index (χ1) is 11.7. The van der Waals surface area contributed by atoms with Crippen LogP contribution in [0.3, 0.4) is 0 Å². The minimum absolute atomic E-state index is 0.292. The van der Waals surface area contributed by atoms with Gasteiger partial charge in [0.1, 0.15) is 5.75 Å². The molecule has 0 bridgehead atoms. The average Bonchev–Trinajstić information content (AvgIpc) is 2.64. The lowest BCUT2D eigenvalue weighted by atomic mass is 9.81. The molecule has 3 nitrogen and oxygen atoms in total. The van der Waals surface area contributed by atoms with E-state index < -0.39 is 0 Å². The highest BCUT2D eigenvalue weighted by Crippen LogP contribution is 2.31. The Kier molecular flexibility index (Phi) is 7.87. The second-order valence-electron chi connectivity index (χ2n) is 6.68. The number of carbonyl (C=O) groups is 1. The third kappa shape index (κ3) is 6.38. The van der Waals surface area contributed by atoms with E-state index in [0.717, 1.165) is 30.3 Å². The third-order valence-electron chi connectivity index (χ3n) is 4.77. The van der Waals surface area contributed by atoms with E-state index in [9.17, 15) is 4.79 Å². The highest BCUT2D eigenvalue weighted by atomic mass is 16.5. The van der Waals surface area contributed by atoms with E-state index in [4.69, 9.17) is 9.47 Å². The van der Waals surface area contributed by atoms with E-state index in [1.807, 2.05) is 31.2 Å². The van der Waals surface area contributed by atoms with Crippen molar-refractivity contribution in [2.45, 2.75) is 52.4 Å². The SMILES string of the molecule is CCCOC(=O)C=Cc1ccc(OCC2CCC(CC)CC2)cc1. The van der Waals surface area contributed by atoms with Crippen LogP contribution >= 0.6 is 0 Å². The van der Waals surface area contributed by atoms with Gasteiger partial charge >= 0.3 is 5.97 Å². The molecule has 0 aliphatic heterocycles. The zero-order valence-corrected chi connectivity index (χ0v) is 15.0. The number of ether oxygens (including phenoxy) is 2. The van der Waals surface area contributed by atoms with Crippen molar-refractivity contribution in [2.24, 2.45) is 11.8 Å². The zero-order valence-electron chi connectivity index (χ0n) is 15.0. The van der Waals surface area contributed by atoms with Crippen molar-refractivity contribution in [3.8, 4) is 5.75 Å². The summed E-state index contributed by atoms with van der Waals surface area (Å²) >= 11 is 0. The van der Waals surface area contributed by atoms with Crippen LogP contribution in [0, 0.1) is 11.8 Å². The molecular weight excluding hydrogens is 300 g/mol. The standard InChI is InChI=1S/C21H30O3/c1-3-15-23-21(22)14-11-18-9-12-20(13-10-18)24-16-19-7-5-17(4-2)6-8-19/h9-14,17,19H,3-8,15-16H2,1-2H3. The van der Waals surface area contributed by atoms with Crippen LogP contribution in [0.25, 0.3) is 6.08 Å². The van der Waals surface area contributed by atoms with E-state index in [1.54, 1.807) is 6.08 Å². The second kappa shape index (κ2) is 10.2. The lowest BCUT2D eigenvalue weighted by molar-refractivity contribution is -0.137. The van der Waals surface area contributed by atoms with E-state index in [1.165, 1.54) is 38.2 Å². The maximum Gasteiger partial charge on any atom is 0.330 e. The van der Waals surface area contributed by atoms with Crippen molar-refractivity contribution >= 4 is 12.0 Å². The van der Waals surface area contributed by atoms with Gasteiger partial charge < -0.3 is 9.47 Å². The molecule has 2 rings (SSSR count). The van der Waals surface area contributed by atoms with Crippen LogP contribution in [0.1, 0.15) is 57.9 Å². The van der Waals surface area contributed by atoms with Crippen molar-refractivity contribution < 1.29 is 14.3 Å². The van der Waals surface area contributed by atoms with Crippen molar-refractivity contribution in [3.63, 3.8) is 0 Å². The van der Waals surface area contributed by atoms with E-state index >= 15 is 0 Å². The maximum atomic E-state index is 11.4. The van der Waals surface area contributed by atoms with Gasteiger partial charge in [0.05, 0.1) is 13.2 Å². The molecule has 0 atom stereocenters. The van der Waals surface area contributed by atoms with Crippen LogP contribution in [-0.2, 0) is 9.53 Å². The molecule has 0 radical (unpaired) electrons. The van der Waals surface area contributed by atoms with Crippen molar-refractivity contribution in [3.05, 3.63) is 35.9 Å². The van der Waals surface area contributed by atoms with Gasteiger partial charge in [-0.2, -0.15) is 0 Å². The molecule has 3 heteroatoms. The molecule has 1 saturated carbocycles. The molecule has 0 unspecified atom stereocenters. The van der Waals surface area contributed by atoms with Crippen LogP contribution in [0.2, 0.25) is 0 Å². The van der Waals surface area contributed by atoms with Crippen LogP contribution in [-0.4, -0.2) is 19.2 Å². The van der Waals surface area contributed by atoms with Gasteiger partial charge in [-0.1, -0.05) is 45.2 Å². The van der Waals surface area contributed by atoms with Gasteiger partial charge in [-0.05, 0) is 54.9 Å². The third-order valence-corrected chi connectivity index (χ3v) is 4.77. The quantitative estimate of drug-likeness (QED) is 0.482. The number of benzene rings is 1. The summed E-state index contributed by atoms with van der Waals surface area (Å²) in [5.74, 6) is 2.23. The summed E-state index contributed by atoms with van der Waals surface area (Å²) < 4.78 is 10.9. The van der Waals surface area contributed by atoms with Gasteiger partial charge in [0.25, 0.3) is 0 Å². The smallest absolute Gasteiger partial charge is 0.330 e. The molecule has 132 valence electrons. The molecule has 0 heterocycles. The predicted octanol–water partition coefficient (Wildman–Crippen LogP) is 5.25.